The molecule has 3 aromatic carbocycles. The highest BCUT2D eigenvalue weighted by atomic mass is 35.5. The molecule has 35 heavy (non-hydrogen) atoms. The molecule has 0 N–H and O–H groups in total. The van der Waals surface area contributed by atoms with Gasteiger partial charge in [0.25, 0.3) is 0 Å². The first-order chi connectivity index (χ1) is 16.9. The average molecular weight is 511 g/mol. The fourth-order valence-corrected chi connectivity index (χ4v) is 4.80. The van der Waals surface area contributed by atoms with Crippen LogP contribution in [-0.4, -0.2) is 33.3 Å². The Balaban J connectivity index is 1.59. The second-order valence-corrected chi connectivity index (χ2v) is 9.25. The van der Waals surface area contributed by atoms with E-state index < -0.39 is 5.25 Å². The maximum absolute atomic E-state index is 11.5. The molecule has 180 valence electrons. The summed E-state index contributed by atoms with van der Waals surface area (Å²) in [6, 6.07) is 22.4. The summed E-state index contributed by atoms with van der Waals surface area (Å²) in [6.45, 7) is 1.89. The Hall–Kier alpha value is -3.56. The quantitative estimate of drug-likeness (QED) is 0.148. The Bertz CT molecular complexity index is 1300. The van der Waals surface area contributed by atoms with Gasteiger partial charge < -0.3 is 9.47 Å². The summed E-state index contributed by atoms with van der Waals surface area (Å²) in [5, 5.41) is 20.7. The third-order valence-electron chi connectivity index (χ3n) is 5.24. The number of nitrogens with zero attached hydrogens (tertiary/aromatic N) is 4. The molecule has 8 nitrogen and oxygen atoms in total. The van der Waals surface area contributed by atoms with Gasteiger partial charge in [0.15, 0.2) is 16.7 Å². The third-order valence-corrected chi connectivity index (χ3v) is 6.67. The zero-order valence-electron chi connectivity index (χ0n) is 19.1. The number of aryl methyl sites for hydroxylation is 1. The summed E-state index contributed by atoms with van der Waals surface area (Å²) in [6.07, 6.45) is 0. The summed E-state index contributed by atoms with van der Waals surface area (Å²) in [7, 11) is 1.54. The van der Waals surface area contributed by atoms with Gasteiger partial charge in [-0.05, 0) is 54.4 Å². The summed E-state index contributed by atoms with van der Waals surface area (Å²) in [4.78, 5) is 11.2. The molecule has 0 saturated heterocycles. The van der Waals surface area contributed by atoms with E-state index in [1.807, 2.05) is 60.0 Å². The van der Waals surface area contributed by atoms with Crippen LogP contribution in [0.15, 0.2) is 78.0 Å². The molecule has 0 aliphatic carbocycles. The molecule has 0 unspecified atom stereocenters. The van der Waals surface area contributed by atoms with Crippen LogP contribution in [0.4, 0.5) is 0 Å². The van der Waals surface area contributed by atoms with Gasteiger partial charge in [-0.15, -0.1) is 10.2 Å². The van der Waals surface area contributed by atoms with E-state index in [1.54, 1.807) is 31.4 Å². The summed E-state index contributed by atoms with van der Waals surface area (Å²) in [5.74, 6) is 1.73. The lowest BCUT2D eigenvalue weighted by molar-refractivity contribution is -0.479. The normalized spacial score (nSPS) is 11.7. The standard InChI is InChI=1S/C25H23ClN4O4S/c1-17-27-28-25(30(17)21-6-4-3-5-7-21)35-24(15-29(31)32)19-10-13-22(23(14-19)33-2)34-16-18-8-11-20(26)12-9-18/h3-14,24H,15-16H2,1-2H3/t24-/m0/s1. The number of hydrogen-bond donors (Lipinski definition) is 0. The minimum atomic E-state index is -0.518. The fourth-order valence-electron chi connectivity index (χ4n) is 3.51. The van der Waals surface area contributed by atoms with Crippen LogP contribution in [0, 0.1) is 17.0 Å². The van der Waals surface area contributed by atoms with Crippen molar-refractivity contribution >= 4 is 23.4 Å². The van der Waals surface area contributed by atoms with Crippen molar-refractivity contribution in [2.75, 3.05) is 13.7 Å². The SMILES string of the molecule is COc1cc([C@H](C[N+](=O)[O-])Sc2nnc(C)n2-c2ccccc2)ccc1OCc1ccc(Cl)cc1. The molecule has 0 bridgehead atoms. The number of para-hydroxylation sites is 1. The Morgan fingerprint density at radius 1 is 1.06 bits per heavy atom. The van der Waals surface area contributed by atoms with Crippen molar-refractivity contribution in [1.29, 1.82) is 0 Å². The molecule has 0 spiro atoms. The Kier molecular flexibility index (Phi) is 7.89. The van der Waals surface area contributed by atoms with E-state index in [0.717, 1.165) is 16.8 Å². The van der Waals surface area contributed by atoms with Gasteiger partial charge in [0.2, 0.25) is 6.54 Å². The maximum Gasteiger partial charge on any atom is 0.220 e. The smallest absolute Gasteiger partial charge is 0.220 e. The van der Waals surface area contributed by atoms with Crippen molar-refractivity contribution in [3.8, 4) is 17.2 Å². The predicted molar refractivity (Wildman–Crippen MR) is 135 cm³/mol. The number of benzene rings is 3. The van der Waals surface area contributed by atoms with Crippen LogP contribution in [0.2, 0.25) is 5.02 Å². The number of methoxy groups -OCH3 is 1. The van der Waals surface area contributed by atoms with Crippen LogP contribution in [0.1, 0.15) is 22.2 Å². The Morgan fingerprint density at radius 3 is 2.49 bits per heavy atom. The van der Waals surface area contributed by atoms with Gasteiger partial charge in [-0.1, -0.05) is 59.8 Å². The van der Waals surface area contributed by atoms with Crippen LogP contribution in [-0.2, 0) is 6.61 Å². The van der Waals surface area contributed by atoms with Crippen LogP contribution < -0.4 is 9.47 Å². The average Bonchev–Trinajstić information content (AvgIpc) is 3.23. The summed E-state index contributed by atoms with van der Waals surface area (Å²) < 4.78 is 13.4. The number of aromatic nitrogens is 3. The van der Waals surface area contributed by atoms with Gasteiger partial charge in [-0.2, -0.15) is 0 Å². The van der Waals surface area contributed by atoms with Gasteiger partial charge in [-0.25, -0.2) is 0 Å². The zero-order chi connectivity index (χ0) is 24.8. The van der Waals surface area contributed by atoms with Crippen LogP contribution in [0.3, 0.4) is 0 Å². The minimum Gasteiger partial charge on any atom is -0.493 e. The van der Waals surface area contributed by atoms with E-state index in [2.05, 4.69) is 10.2 Å². The van der Waals surface area contributed by atoms with E-state index in [0.29, 0.717) is 34.1 Å². The molecule has 0 amide bonds. The van der Waals surface area contributed by atoms with Crippen molar-refractivity contribution in [2.45, 2.75) is 23.9 Å². The van der Waals surface area contributed by atoms with Crippen LogP contribution >= 0.6 is 23.4 Å². The molecule has 1 aromatic heterocycles. The minimum absolute atomic E-state index is 0.292. The van der Waals surface area contributed by atoms with Gasteiger partial charge >= 0.3 is 0 Å². The lowest BCUT2D eigenvalue weighted by atomic mass is 10.1. The molecule has 0 aliphatic heterocycles. The Labute approximate surface area is 212 Å². The van der Waals surface area contributed by atoms with Gasteiger partial charge in [0, 0.05) is 15.6 Å². The van der Waals surface area contributed by atoms with E-state index in [4.69, 9.17) is 21.1 Å². The molecule has 0 fully saturated rings. The first-order valence-electron chi connectivity index (χ1n) is 10.8. The second-order valence-electron chi connectivity index (χ2n) is 7.65. The topological polar surface area (TPSA) is 92.3 Å². The van der Waals surface area contributed by atoms with E-state index in [1.165, 1.54) is 11.8 Å². The molecule has 0 radical (unpaired) electrons. The predicted octanol–water partition coefficient (Wildman–Crippen LogP) is 5.93. The highest BCUT2D eigenvalue weighted by Gasteiger charge is 2.25. The number of rotatable bonds is 10. The van der Waals surface area contributed by atoms with Crippen molar-refractivity contribution in [1.82, 2.24) is 14.8 Å². The molecule has 10 heteroatoms. The Morgan fingerprint density at radius 2 is 1.80 bits per heavy atom. The number of nitro groups is 1. The summed E-state index contributed by atoms with van der Waals surface area (Å²) >= 11 is 7.23. The lowest BCUT2D eigenvalue weighted by Crippen LogP contribution is -2.11. The summed E-state index contributed by atoms with van der Waals surface area (Å²) in [5.41, 5.74) is 2.57. The molecule has 0 saturated carbocycles. The second kappa shape index (κ2) is 11.2. The third kappa shape index (κ3) is 6.12. The lowest BCUT2D eigenvalue weighted by Gasteiger charge is -2.17. The molecular formula is C25H23ClN4O4S. The number of ether oxygens (including phenoxy) is 2. The maximum atomic E-state index is 11.5. The van der Waals surface area contributed by atoms with Gasteiger partial charge in [-0.3, -0.25) is 14.7 Å². The molecule has 1 atom stereocenters. The van der Waals surface area contributed by atoms with Crippen molar-refractivity contribution in [3.05, 3.63) is 105 Å². The molecule has 0 aliphatic rings. The van der Waals surface area contributed by atoms with E-state index in [-0.39, 0.29) is 11.5 Å². The van der Waals surface area contributed by atoms with Gasteiger partial charge in [0.05, 0.1) is 7.11 Å². The number of hydrogen-bond acceptors (Lipinski definition) is 7. The van der Waals surface area contributed by atoms with Crippen molar-refractivity contribution in [2.24, 2.45) is 0 Å². The number of halogens is 1. The molecular weight excluding hydrogens is 488 g/mol. The largest absolute Gasteiger partial charge is 0.493 e. The van der Waals surface area contributed by atoms with Crippen LogP contribution in [0.5, 0.6) is 11.5 Å². The van der Waals surface area contributed by atoms with Crippen molar-refractivity contribution < 1.29 is 14.4 Å². The number of thioether (sulfide) groups is 1. The van der Waals surface area contributed by atoms with E-state index in [9.17, 15) is 10.1 Å². The van der Waals surface area contributed by atoms with E-state index >= 15 is 0 Å². The van der Waals surface area contributed by atoms with Gasteiger partial charge in [0.1, 0.15) is 17.7 Å². The molecule has 4 rings (SSSR count). The van der Waals surface area contributed by atoms with Crippen LogP contribution in [0.25, 0.3) is 5.69 Å². The fraction of sp³-hybridized carbons (Fsp3) is 0.200. The van der Waals surface area contributed by atoms with Crippen molar-refractivity contribution in [3.63, 3.8) is 0 Å². The first kappa shape index (κ1) is 24.6. The zero-order valence-corrected chi connectivity index (χ0v) is 20.7. The highest BCUT2D eigenvalue weighted by molar-refractivity contribution is 7.99. The molecule has 4 aromatic rings. The molecule has 1 heterocycles. The first-order valence-corrected chi connectivity index (χ1v) is 12.0. The highest BCUT2D eigenvalue weighted by Crippen LogP contribution is 2.39. The monoisotopic (exact) mass is 510 g/mol.